The smallest absolute Gasteiger partial charge is 0.111 e. The van der Waals surface area contributed by atoms with Gasteiger partial charge in [0.1, 0.15) is 11.7 Å². The molecule has 0 radical (unpaired) electrons. The Morgan fingerprint density at radius 1 is 1.45 bits per heavy atom. The molecule has 0 aromatic carbocycles. The summed E-state index contributed by atoms with van der Waals surface area (Å²) in [5, 5.41) is 19.2. The number of aliphatic hydroxyl groups excluding tert-OH is 1. The van der Waals surface area contributed by atoms with Gasteiger partial charge in [-0.3, -0.25) is 0 Å². The van der Waals surface area contributed by atoms with Gasteiger partial charge in [-0.15, -0.1) is 0 Å². The van der Waals surface area contributed by atoms with E-state index in [-0.39, 0.29) is 10.1 Å². The van der Waals surface area contributed by atoms with Crippen LogP contribution < -0.4 is 0 Å². The van der Waals surface area contributed by atoms with Crippen LogP contribution in [0.2, 0.25) is 0 Å². The number of allylic oxidation sites excluding steroid dienone is 2. The van der Waals surface area contributed by atoms with E-state index in [9.17, 15) is 10.2 Å². The monoisotopic (exact) mass is 194 g/mol. The highest BCUT2D eigenvalue weighted by Crippen LogP contribution is 2.30. The lowest BCUT2D eigenvalue weighted by molar-refractivity contribution is -0.00126. The minimum atomic E-state index is -1.31. The van der Waals surface area contributed by atoms with E-state index in [0.29, 0.717) is 0 Å². The molecular weight excluding hydrogens is 187 g/mol. The van der Waals surface area contributed by atoms with Crippen LogP contribution in [0.15, 0.2) is 22.2 Å². The van der Waals surface area contributed by atoms with E-state index in [1.54, 1.807) is 0 Å². The number of halogens is 2. The quantitative estimate of drug-likeness (QED) is 0.612. The molecular formula is C7H8Cl2O2. The summed E-state index contributed by atoms with van der Waals surface area (Å²) in [6, 6.07) is 0. The van der Waals surface area contributed by atoms with Crippen LogP contribution in [-0.2, 0) is 0 Å². The second kappa shape index (κ2) is 2.79. The number of hydrogen-bond donors (Lipinski definition) is 2. The van der Waals surface area contributed by atoms with Gasteiger partial charge in [0, 0.05) is 0 Å². The van der Waals surface area contributed by atoms with Crippen molar-refractivity contribution in [3.63, 3.8) is 0 Å². The van der Waals surface area contributed by atoms with Gasteiger partial charge in [-0.05, 0) is 19.1 Å². The number of hydrogen-bond acceptors (Lipinski definition) is 2. The second-order valence-electron chi connectivity index (χ2n) is 2.68. The Morgan fingerprint density at radius 2 is 2.00 bits per heavy atom. The molecule has 2 unspecified atom stereocenters. The second-order valence-corrected chi connectivity index (χ2v) is 3.49. The highest BCUT2D eigenvalue weighted by molar-refractivity contribution is 6.44. The first-order chi connectivity index (χ1) is 4.93. The van der Waals surface area contributed by atoms with Crippen LogP contribution in [0.1, 0.15) is 6.92 Å². The number of aliphatic hydroxyl groups is 2. The summed E-state index contributed by atoms with van der Waals surface area (Å²) >= 11 is 11.2. The molecule has 0 fully saturated rings. The Bertz CT molecular complexity index is 231. The Morgan fingerprint density at radius 3 is 2.45 bits per heavy atom. The van der Waals surface area contributed by atoms with Gasteiger partial charge in [0.2, 0.25) is 0 Å². The molecule has 1 aliphatic carbocycles. The van der Waals surface area contributed by atoms with E-state index in [1.165, 1.54) is 19.1 Å². The highest BCUT2D eigenvalue weighted by atomic mass is 35.5. The van der Waals surface area contributed by atoms with Gasteiger partial charge in [0.05, 0.1) is 10.1 Å². The van der Waals surface area contributed by atoms with E-state index in [2.05, 4.69) is 0 Å². The third kappa shape index (κ3) is 1.76. The van der Waals surface area contributed by atoms with Crippen molar-refractivity contribution in [2.45, 2.75) is 18.6 Å². The van der Waals surface area contributed by atoms with Gasteiger partial charge in [0.15, 0.2) is 0 Å². The van der Waals surface area contributed by atoms with Crippen molar-refractivity contribution < 1.29 is 10.2 Å². The standard InChI is InChI=1S/C7H8Cl2O2/c1-7(11)3-5(9)4(8)2-6(7)10/h2-3,6,10-11H,1H3. The molecule has 4 heteroatoms. The molecule has 0 aliphatic heterocycles. The van der Waals surface area contributed by atoms with Gasteiger partial charge in [-0.1, -0.05) is 23.2 Å². The number of rotatable bonds is 0. The molecule has 2 N–H and O–H groups in total. The lowest BCUT2D eigenvalue weighted by Gasteiger charge is -2.27. The lowest BCUT2D eigenvalue weighted by Crippen LogP contribution is -2.37. The van der Waals surface area contributed by atoms with Crippen molar-refractivity contribution >= 4 is 23.2 Å². The van der Waals surface area contributed by atoms with Crippen LogP contribution >= 0.6 is 23.2 Å². The molecule has 0 bridgehead atoms. The molecule has 0 amide bonds. The predicted molar refractivity (Wildman–Crippen MR) is 44.5 cm³/mol. The van der Waals surface area contributed by atoms with E-state index in [0.717, 1.165) is 0 Å². The molecule has 1 rings (SSSR count). The third-order valence-corrected chi connectivity index (χ3v) is 2.29. The largest absolute Gasteiger partial charge is 0.386 e. The molecule has 0 heterocycles. The molecule has 0 spiro atoms. The van der Waals surface area contributed by atoms with E-state index in [1.807, 2.05) is 0 Å². The first-order valence-electron chi connectivity index (χ1n) is 3.10. The van der Waals surface area contributed by atoms with Gasteiger partial charge < -0.3 is 10.2 Å². The van der Waals surface area contributed by atoms with E-state index >= 15 is 0 Å². The summed E-state index contributed by atoms with van der Waals surface area (Å²) in [5.41, 5.74) is -1.31. The summed E-state index contributed by atoms with van der Waals surface area (Å²) in [7, 11) is 0. The van der Waals surface area contributed by atoms with Crippen LogP contribution in [-0.4, -0.2) is 21.9 Å². The minimum absolute atomic E-state index is 0.266. The predicted octanol–water partition coefficient (Wildman–Crippen LogP) is 1.36. The van der Waals surface area contributed by atoms with Crippen molar-refractivity contribution in [3.05, 3.63) is 22.2 Å². The zero-order valence-electron chi connectivity index (χ0n) is 5.88. The summed E-state index contributed by atoms with van der Waals surface area (Å²) < 4.78 is 0. The zero-order valence-corrected chi connectivity index (χ0v) is 7.39. The van der Waals surface area contributed by atoms with Gasteiger partial charge >= 0.3 is 0 Å². The molecule has 0 saturated carbocycles. The third-order valence-electron chi connectivity index (χ3n) is 1.55. The average molecular weight is 195 g/mol. The molecule has 1 aliphatic rings. The highest BCUT2D eigenvalue weighted by Gasteiger charge is 2.30. The van der Waals surface area contributed by atoms with E-state index < -0.39 is 11.7 Å². The first-order valence-corrected chi connectivity index (χ1v) is 3.85. The van der Waals surface area contributed by atoms with Crippen molar-refractivity contribution in [2.24, 2.45) is 0 Å². The summed E-state index contributed by atoms with van der Waals surface area (Å²) in [6.07, 6.45) is 1.64. The maximum absolute atomic E-state index is 9.42. The molecule has 2 atom stereocenters. The van der Waals surface area contributed by atoms with Crippen LogP contribution in [0.4, 0.5) is 0 Å². The maximum Gasteiger partial charge on any atom is 0.111 e. The lowest BCUT2D eigenvalue weighted by atomic mass is 9.95. The molecule has 0 aromatic heterocycles. The summed E-state index contributed by atoms with van der Waals surface area (Å²) in [4.78, 5) is 0. The minimum Gasteiger partial charge on any atom is -0.386 e. The Labute approximate surface area is 74.7 Å². The SMILES string of the molecule is CC1(O)C=C(Cl)C(Cl)=CC1O. The first kappa shape index (κ1) is 9.07. The van der Waals surface area contributed by atoms with Crippen molar-refractivity contribution in [3.8, 4) is 0 Å². The Hall–Kier alpha value is -0.0200. The van der Waals surface area contributed by atoms with E-state index in [4.69, 9.17) is 23.2 Å². The Balaban J connectivity index is 2.98. The summed E-state index contributed by atoms with van der Waals surface area (Å²) in [5.74, 6) is 0. The fraction of sp³-hybridized carbons (Fsp3) is 0.429. The molecule has 0 saturated heterocycles. The van der Waals surface area contributed by atoms with Crippen LogP contribution in [0.25, 0.3) is 0 Å². The van der Waals surface area contributed by atoms with Crippen LogP contribution in [0.5, 0.6) is 0 Å². The topological polar surface area (TPSA) is 40.5 Å². The van der Waals surface area contributed by atoms with Crippen molar-refractivity contribution in [2.75, 3.05) is 0 Å². The fourth-order valence-corrected chi connectivity index (χ4v) is 1.26. The van der Waals surface area contributed by atoms with Crippen molar-refractivity contribution in [1.29, 1.82) is 0 Å². The molecule has 0 aromatic rings. The fourth-order valence-electron chi connectivity index (χ4n) is 0.798. The van der Waals surface area contributed by atoms with Crippen LogP contribution in [0.3, 0.4) is 0 Å². The maximum atomic E-state index is 9.42. The zero-order chi connectivity index (χ0) is 8.65. The average Bonchev–Trinajstić information content (AvgIpc) is 1.83. The molecule has 11 heavy (non-hydrogen) atoms. The summed E-state index contributed by atoms with van der Waals surface area (Å²) in [6.45, 7) is 1.46. The van der Waals surface area contributed by atoms with Crippen molar-refractivity contribution in [1.82, 2.24) is 0 Å². The van der Waals surface area contributed by atoms with Gasteiger partial charge in [-0.2, -0.15) is 0 Å². The van der Waals surface area contributed by atoms with Crippen LogP contribution in [0, 0.1) is 0 Å². The Kier molecular flexibility index (Phi) is 2.30. The molecule has 62 valence electrons. The van der Waals surface area contributed by atoms with Gasteiger partial charge in [0.25, 0.3) is 0 Å². The molecule has 2 nitrogen and oxygen atoms in total. The van der Waals surface area contributed by atoms with Gasteiger partial charge in [-0.25, -0.2) is 0 Å². The normalized spacial score (nSPS) is 38.1.